The molecule has 0 amide bonds. The number of rotatable bonds is 3. The molecule has 0 bridgehead atoms. The predicted octanol–water partition coefficient (Wildman–Crippen LogP) is 2.52. The Labute approximate surface area is 91.6 Å². The molecule has 82 valence electrons. The van der Waals surface area contributed by atoms with Gasteiger partial charge in [0.05, 0.1) is 6.61 Å². The second-order valence-corrected chi connectivity index (χ2v) is 4.64. The molecule has 0 saturated carbocycles. The van der Waals surface area contributed by atoms with Gasteiger partial charge in [0.2, 0.25) is 0 Å². The van der Waals surface area contributed by atoms with Crippen molar-refractivity contribution in [3.05, 3.63) is 35.9 Å². The Kier molecular flexibility index (Phi) is 3.08. The summed E-state index contributed by atoms with van der Waals surface area (Å²) in [4.78, 5) is 0. The third kappa shape index (κ3) is 2.58. The molecule has 2 atom stereocenters. The third-order valence-electron chi connectivity index (χ3n) is 3.08. The summed E-state index contributed by atoms with van der Waals surface area (Å²) in [6, 6.07) is 10.9. The van der Waals surface area contributed by atoms with E-state index >= 15 is 0 Å². The van der Waals surface area contributed by atoms with Crippen LogP contribution in [0.2, 0.25) is 0 Å². The highest BCUT2D eigenvalue weighted by atomic mass is 16.5. The number of nitrogens with one attached hydrogen (secondary N) is 1. The SMILES string of the molecule is C[C@@H](N[C@@]1(C)CCOC1)c1ccccc1. The van der Waals surface area contributed by atoms with Crippen LogP contribution in [0.1, 0.15) is 31.9 Å². The summed E-state index contributed by atoms with van der Waals surface area (Å²) in [6.45, 7) is 6.15. The Morgan fingerprint density at radius 3 is 2.67 bits per heavy atom. The molecule has 0 aliphatic carbocycles. The number of ether oxygens (including phenoxy) is 1. The van der Waals surface area contributed by atoms with E-state index in [1.807, 2.05) is 0 Å². The predicted molar refractivity (Wildman–Crippen MR) is 61.8 cm³/mol. The fraction of sp³-hybridized carbons (Fsp3) is 0.538. The van der Waals surface area contributed by atoms with Crippen molar-refractivity contribution >= 4 is 0 Å². The van der Waals surface area contributed by atoms with Gasteiger partial charge >= 0.3 is 0 Å². The quantitative estimate of drug-likeness (QED) is 0.818. The molecule has 1 heterocycles. The maximum absolute atomic E-state index is 5.43. The molecule has 2 heteroatoms. The van der Waals surface area contributed by atoms with Crippen molar-refractivity contribution in [1.82, 2.24) is 5.32 Å². The number of hydrogen-bond acceptors (Lipinski definition) is 2. The highest BCUT2D eigenvalue weighted by Crippen LogP contribution is 2.22. The van der Waals surface area contributed by atoms with Crippen LogP contribution < -0.4 is 5.32 Å². The Morgan fingerprint density at radius 1 is 1.33 bits per heavy atom. The minimum Gasteiger partial charge on any atom is -0.379 e. The van der Waals surface area contributed by atoms with Crippen molar-refractivity contribution < 1.29 is 4.74 Å². The zero-order valence-electron chi connectivity index (χ0n) is 9.49. The molecule has 0 radical (unpaired) electrons. The lowest BCUT2D eigenvalue weighted by Gasteiger charge is -2.28. The van der Waals surface area contributed by atoms with E-state index in [1.165, 1.54) is 5.56 Å². The van der Waals surface area contributed by atoms with Crippen LogP contribution in [0.5, 0.6) is 0 Å². The van der Waals surface area contributed by atoms with E-state index in [1.54, 1.807) is 0 Å². The van der Waals surface area contributed by atoms with Crippen LogP contribution in [0.25, 0.3) is 0 Å². The highest BCUT2D eigenvalue weighted by Gasteiger charge is 2.30. The van der Waals surface area contributed by atoms with Crippen LogP contribution in [0.3, 0.4) is 0 Å². The van der Waals surface area contributed by atoms with Crippen molar-refractivity contribution in [3.8, 4) is 0 Å². The summed E-state index contributed by atoms with van der Waals surface area (Å²) in [5.41, 5.74) is 1.49. The van der Waals surface area contributed by atoms with Gasteiger partial charge in [0, 0.05) is 18.2 Å². The third-order valence-corrected chi connectivity index (χ3v) is 3.08. The van der Waals surface area contributed by atoms with Crippen molar-refractivity contribution in [2.75, 3.05) is 13.2 Å². The van der Waals surface area contributed by atoms with E-state index in [4.69, 9.17) is 4.74 Å². The molecule has 1 aliphatic rings. The van der Waals surface area contributed by atoms with Crippen molar-refractivity contribution in [2.24, 2.45) is 0 Å². The largest absolute Gasteiger partial charge is 0.379 e. The van der Waals surface area contributed by atoms with Gasteiger partial charge in [0.15, 0.2) is 0 Å². The van der Waals surface area contributed by atoms with E-state index in [0.717, 1.165) is 19.6 Å². The van der Waals surface area contributed by atoms with Crippen molar-refractivity contribution in [1.29, 1.82) is 0 Å². The van der Waals surface area contributed by atoms with E-state index < -0.39 is 0 Å². The summed E-state index contributed by atoms with van der Waals surface area (Å²) in [7, 11) is 0. The van der Waals surface area contributed by atoms with Gasteiger partial charge in [-0.2, -0.15) is 0 Å². The van der Waals surface area contributed by atoms with Gasteiger partial charge in [-0.1, -0.05) is 30.3 Å². The molecule has 1 fully saturated rings. The van der Waals surface area contributed by atoms with E-state index in [2.05, 4.69) is 49.5 Å². The highest BCUT2D eigenvalue weighted by molar-refractivity contribution is 5.18. The first-order valence-electron chi connectivity index (χ1n) is 5.60. The van der Waals surface area contributed by atoms with Crippen LogP contribution in [0.15, 0.2) is 30.3 Å². The summed E-state index contributed by atoms with van der Waals surface area (Å²) in [5.74, 6) is 0. The first kappa shape index (κ1) is 10.7. The first-order chi connectivity index (χ1) is 7.20. The van der Waals surface area contributed by atoms with E-state index in [-0.39, 0.29) is 5.54 Å². The zero-order valence-corrected chi connectivity index (χ0v) is 9.49. The monoisotopic (exact) mass is 205 g/mol. The molecule has 0 spiro atoms. The summed E-state index contributed by atoms with van der Waals surface area (Å²) >= 11 is 0. The van der Waals surface area contributed by atoms with Gasteiger partial charge in [-0.05, 0) is 25.8 Å². The fourth-order valence-corrected chi connectivity index (χ4v) is 2.13. The number of hydrogen-bond donors (Lipinski definition) is 1. The lowest BCUT2D eigenvalue weighted by Crippen LogP contribution is -2.44. The summed E-state index contributed by atoms with van der Waals surface area (Å²) < 4.78 is 5.43. The van der Waals surface area contributed by atoms with Gasteiger partial charge in [0.25, 0.3) is 0 Å². The molecule has 1 aromatic carbocycles. The van der Waals surface area contributed by atoms with Gasteiger partial charge in [0.1, 0.15) is 0 Å². The van der Waals surface area contributed by atoms with Gasteiger partial charge in [-0.25, -0.2) is 0 Å². The molecule has 0 aromatic heterocycles. The van der Waals surface area contributed by atoms with Crippen LogP contribution in [0, 0.1) is 0 Å². The Morgan fingerprint density at radius 2 is 2.07 bits per heavy atom. The first-order valence-corrected chi connectivity index (χ1v) is 5.60. The molecule has 1 saturated heterocycles. The lowest BCUT2D eigenvalue weighted by atomic mass is 9.98. The topological polar surface area (TPSA) is 21.3 Å². The molecule has 0 unspecified atom stereocenters. The van der Waals surface area contributed by atoms with Gasteiger partial charge in [-0.3, -0.25) is 0 Å². The Balaban J connectivity index is 2.00. The molecule has 1 aliphatic heterocycles. The molecule has 2 rings (SSSR count). The van der Waals surface area contributed by atoms with Crippen molar-refractivity contribution in [3.63, 3.8) is 0 Å². The number of benzene rings is 1. The summed E-state index contributed by atoms with van der Waals surface area (Å²) in [6.07, 6.45) is 1.10. The van der Waals surface area contributed by atoms with Crippen molar-refractivity contribution in [2.45, 2.75) is 31.8 Å². The van der Waals surface area contributed by atoms with Gasteiger partial charge in [-0.15, -0.1) is 0 Å². The molecular formula is C13H19NO. The van der Waals surface area contributed by atoms with Crippen LogP contribution >= 0.6 is 0 Å². The molecule has 1 aromatic rings. The Bertz CT molecular complexity index is 304. The molecule has 2 nitrogen and oxygen atoms in total. The second-order valence-electron chi connectivity index (χ2n) is 4.64. The minimum absolute atomic E-state index is 0.148. The maximum atomic E-state index is 5.43. The minimum atomic E-state index is 0.148. The molecular weight excluding hydrogens is 186 g/mol. The lowest BCUT2D eigenvalue weighted by molar-refractivity contribution is 0.167. The normalized spacial score (nSPS) is 27.9. The second kappa shape index (κ2) is 4.33. The smallest absolute Gasteiger partial charge is 0.0646 e. The average Bonchev–Trinajstić information content (AvgIpc) is 2.66. The molecule has 1 N–H and O–H groups in total. The summed E-state index contributed by atoms with van der Waals surface area (Å²) in [5, 5.41) is 3.65. The average molecular weight is 205 g/mol. The fourth-order valence-electron chi connectivity index (χ4n) is 2.13. The standard InChI is InChI=1S/C13H19NO/c1-11(12-6-4-3-5-7-12)14-13(2)8-9-15-10-13/h3-7,11,14H,8-10H2,1-2H3/t11-,13+/m1/s1. The zero-order chi connectivity index (χ0) is 10.7. The van der Waals surface area contributed by atoms with Crippen LogP contribution in [-0.2, 0) is 4.74 Å². The molecule has 15 heavy (non-hydrogen) atoms. The van der Waals surface area contributed by atoms with Crippen LogP contribution in [0.4, 0.5) is 0 Å². The van der Waals surface area contributed by atoms with Crippen LogP contribution in [-0.4, -0.2) is 18.8 Å². The Hall–Kier alpha value is -0.860. The van der Waals surface area contributed by atoms with E-state index in [0.29, 0.717) is 6.04 Å². The van der Waals surface area contributed by atoms with E-state index in [9.17, 15) is 0 Å². The maximum Gasteiger partial charge on any atom is 0.0646 e. The van der Waals surface area contributed by atoms with Gasteiger partial charge < -0.3 is 10.1 Å².